The van der Waals surface area contributed by atoms with E-state index in [0.29, 0.717) is 12.1 Å². The van der Waals surface area contributed by atoms with Crippen LogP contribution in [0.4, 0.5) is 0 Å². The van der Waals surface area contributed by atoms with Gasteiger partial charge in [-0.05, 0) is 57.1 Å². The predicted octanol–water partition coefficient (Wildman–Crippen LogP) is 3.16. The summed E-state index contributed by atoms with van der Waals surface area (Å²) in [7, 11) is 0. The van der Waals surface area contributed by atoms with Crippen molar-refractivity contribution in [3.63, 3.8) is 0 Å². The van der Waals surface area contributed by atoms with Gasteiger partial charge in [0, 0.05) is 17.5 Å². The summed E-state index contributed by atoms with van der Waals surface area (Å²) in [6.45, 7) is 6.26. The molecule has 0 amide bonds. The van der Waals surface area contributed by atoms with Gasteiger partial charge in [-0.2, -0.15) is 0 Å². The second-order valence-corrected chi connectivity index (χ2v) is 7.26. The maximum absolute atomic E-state index is 4.91. The smallest absolute Gasteiger partial charge is 0.191 e. The van der Waals surface area contributed by atoms with Gasteiger partial charge in [-0.3, -0.25) is 9.89 Å². The lowest BCUT2D eigenvalue weighted by Gasteiger charge is -2.26. The molecule has 23 heavy (non-hydrogen) atoms. The topological polar surface area (TPSA) is 39.7 Å². The minimum Gasteiger partial charge on any atom is -0.357 e. The van der Waals surface area contributed by atoms with Crippen LogP contribution in [-0.2, 0) is 0 Å². The van der Waals surface area contributed by atoms with E-state index in [1.54, 1.807) is 0 Å². The van der Waals surface area contributed by atoms with Crippen molar-refractivity contribution < 1.29 is 0 Å². The second kappa shape index (κ2) is 8.50. The minimum absolute atomic E-state index is 0.426. The number of nitrogens with zero attached hydrogens (tertiary/aromatic N) is 2. The summed E-state index contributed by atoms with van der Waals surface area (Å²) < 4.78 is 0. The summed E-state index contributed by atoms with van der Waals surface area (Å²) in [6.07, 6.45) is 9.34. The van der Waals surface area contributed by atoms with Gasteiger partial charge < -0.3 is 10.6 Å². The van der Waals surface area contributed by atoms with Crippen LogP contribution in [0.5, 0.6) is 0 Å². The first-order valence-corrected chi connectivity index (χ1v) is 9.72. The van der Waals surface area contributed by atoms with Crippen LogP contribution < -0.4 is 10.6 Å². The molecule has 1 aromatic heterocycles. The summed E-state index contributed by atoms with van der Waals surface area (Å²) in [5, 5.41) is 9.14. The standard InChI is InChI=1S/C18H28N4S/c1-2-19-18(21-15-8-3-4-9-15)20-14-16(17-10-7-13-23-17)22-11-5-6-12-22/h3-4,7,10,13,15-16H,2,5-6,8-9,11-12,14H2,1H3,(H2,19,20,21). The molecule has 1 aromatic rings. The highest BCUT2D eigenvalue weighted by atomic mass is 32.1. The summed E-state index contributed by atoms with van der Waals surface area (Å²) in [5.74, 6) is 0.960. The zero-order valence-electron chi connectivity index (χ0n) is 14.0. The zero-order chi connectivity index (χ0) is 15.9. The third-order valence-corrected chi connectivity index (χ3v) is 5.54. The number of hydrogen-bond donors (Lipinski definition) is 2. The maximum Gasteiger partial charge on any atom is 0.191 e. The van der Waals surface area contributed by atoms with Crippen molar-refractivity contribution in [1.29, 1.82) is 0 Å². The number of guanidine groups is 1. The first kappa shape index (κ1) is 16.5. The highest BCUT2D eigenvalue weighted by Crippen LogP contribution is 2.28. The number of thiophene rings is 1. The third-order valence-electron chi connectivity index (χ3n) is 4.57. The highest BCUT2D eigenvalue weighted by Gasteiger charge is 2.24. The van der Waals surface area contributed by atoms with Gasteiger partial charge in [0.1, 0.15) is 0 Å². The Morgan fingerprint density at radius 3 is 2.78 bits per heavy atom. The molecule has 0 aromatic carbocycles. The van der Waals surface area contributed by atoms with Gasteiger partial charge in [0.15, 0.2) is 5.96 Å². The van der Waals surface area contributed by atoms with E-state index >= 15 is 0 Å². The largest absolute Gasteiger partial charge is 0.357 e. The van der Waals surface area contributed by atoms with E-state index in [4.69, 9.17) is 4.99 Å². The minimum atomic E-state index is 0.426. The number of rotatable bonds is 6. The van der Waals surface area contributed by atoms with Crippen LogP contribution in [0, 0.1) is 0 Å². The molecule has 2 aliphatic rings. The Morgan fingerprint density at radius 2 is 2.13 bits per heavy atom. The molecule has 0 spiro atoms. The van der Waals surface area contributed by atoms with Crippen molar-refractivity contribution in [3.05, 3.63) is 34.5 Å². The molecule has 2 N–H and O–H groups in total. The van der Waals surface area contributed by atoms with Gasteiger partial charge in [-0.25, -0.2) is 0 Å². The molecule has 1 unspecified atom stereocenters. The lowest BCUT2D eigenvalue weighted by atomic mass is 10.2. The van der Waals surface area contributed by atoms with E-state index in [-0.39, 0.29) is 0 Å². The van der Waals surface area contributed by atoms with Gasteiger partial charge in [0.25, 0.3) is 0 Å². The summed E-state index contributed by atoms with van der Waals surface area (Å²) in [4.78, 5) is 8.94. The fourth-order valence-corrected chi connectivity index (χ4v) is 4.20. The van der Waals surface area contributed by atoms with E-state index in [1.165, 1.54) is 30.8 Å². The van der Waals surface area contributed by atoms with Gasteiger partial charge in [-0.15, -0.1) is 11.3 Å². The Labute approximate surface area is 143 Å². The van der Waals surface area contributed by atoms with Crippen LogP contribution in [0.25, 0.3) is 0 Å². The quantitative estimate of drug-likeness (QED) is 0.477. The molecule has 1 saturated heterocycles. The van der Waals surface area contributed by atoms with Crippen LogP contribution in [0.1, 0.15) is 43.5 Å². The van der Waals surface area contributed by atoms with E-state index in [9.17, 15) is 0 Å². The third kappa shape index (κ3) is 4.58. The Balaban J connectivity index is 1.66. The molecule has 0 saturated carbocycles. The summed E-state index contributed by atoms with van der Waals surface area (Å²) in [6, 6.07) is 5.33. The lowest BCUT2D eigenvalue weighted by molar-refractivity contribution is 0.255. The Kier molecular flexibility index (Phi) is 6.11. The first-order valence-electron chi connectivity index (χ1n) is 8.84. The summed E-state index contributed by atoms with van der Waals surface area (Å²) in [5.41, 5.74) is 0. The average molecular weight is 333 g/mol. The number of hydrogen-bond acceptors (Lipinski definition) is 3. The molecule has 126 valence electrons. The van der Waals surface area contributed by atoms with E-state index in [1.807, 2.05) is 11.3 Å². The van der Waals surface area contributed by atoms with E-state index in [2.05, 4.69) is 52.1 Å². The highest BCUT2D eigenvalue weighted by molar-refractivity contribution is 7.10. The molecule has 1 aliphatic carbocycles. The van der Waals surface area contributed by atoms with Gasteiger partial charge in [0.2, 0.25) is 0 Å². The SMILES string of the molecule is CCNC(=NCC(c1cccs1)N1CCCC1)NC1CC=CC1. The fraction of sp³-hybridized carbons (Fsp3) is 0.611. The molecular weight excluding hydrogens is 304 g/mol. The molecule has 2 heterocycles. The Morgan fingerprint density at radius 1 is 1.35 bits per heavy atom. The van der Waals surface area contributed by atoms with Gasteiger partial charge in [0.05, 0.1) is 12.6 Å². The first-order chi connectivity index (χ1) is 11.4. The number of aliphatic imine (C=N–C) groups is 1. The van der Waals surface area contributed by atoms with Crippen LogP contribution in [0.3, 0.4) is 0 Å². The molecule has 5 heteroatoms. The molecule has 0 radical (unpaired) electrons. The number of likely N-dealkylation sites (tertiary alicyclic amines) is 1. The molecular formula is C18H28N4S. The Bertz CT molecular complexity index is 509. The monoisotopic (exact) mass is 332 g/mol. The van der Waals surface area contributed by atoms with Crippen molar-refractivity contribution >= 4 is 17.3 Å². The molecule has 1 atom stereocenters. The zero-order valence-corrected chi connectivity index (χ0v) is 14.8. The molecule has 1 aliphatic heterocycles. The molecule has 3 rings (SSSR count). The average Bonchev–Trinajstić information content (AvgIpc) is 3.32. The van der Waals surface area contributed by atoms with Crippen molar-refractivity contribution in [1.82, 2.24) is 15.5 Å². The molecule has 1 fully saturated rings. The van der Waals surface area contributed by atoms with Crippen molar-refractivity contribution in [2.24, 2.45) is 4.99 Å². The fourth-order valence-electron chi connectivity index (χ4n) is 3.35. The van der Waals surface area contributed by atoms with Crippen molar-refractivity contribution in [3.8, 4) is 0 Å². The van der Waals surface area contributed by atoms with Crippen LogP contribution in [0.15, 0.2) is 34.7 Å². The predicted molar refractivity (Wildman–Crippen MR) is 99.1 cm³/mol. The molecule has 4 nitrogen and oxygen atoms in total. The van der Waals surface area contributed by atoms with E-state index < -0.39 is 0 Å². The van der Waals surface area contributed by atoms with Crippen LogP contribution >= 0.6 is 11.3 Å². The number of nitrogens with one attached hydrogen (secondary N) is 2. The van der Waals surface area contributed by atoms with Gasteiger partial charge in [-0.1, -0.05) is 18.2 Å². The van der Waals surface area contributed by atoms with E-state index in [0.717, 1.165) is 31.9 Å². The second-order valence-electron chi connectivity index (χ2n) is 6.28. The lowest BCUT2D eigenvalue weighted by Crippen LogP contribution is -2.43. The normalized spacial score (nSPS) is 21.0. The summed E-state index contributed by atoms with van der Waals surface area (Å²) >= 11 is 1.85. The molecule has 0 bridgehead atoms. The maximum atomic E-state index is 4.91. The van der Waals surface area contributed by atoms with Crippen LogP contribution in [0.2, 0.25) is 0 Å². The van der Waals surface area contributed by atoms with Crippen molar-refractivity contribution in [2.45, 2.75) is 44.7 Å². The van der Waals surface area contributed by atoms with Gasteiger partial charge >= 0.3 is 0 Å². The van der Waals surface area contributed by atoms with Crippen molar-refractivity contribution in [2.75, 3.05) is 26.2 Å². The Hall–Kier alpha value is -1.33. The van der Waals surface area contributed by atoms with Crippen LogP contribution in [-0.4, -0.2) is 43.1 Å².